The standard InChI is InChI=1S/C6H4ClN5O/c7-4-5(9-2-10-6(4)13)12-3-8-1-11-12/h1-3H,(H,9,10,13). The van der Waals surface area contributed by atoms with Crippen LogP contribution in [0, 0.1) is 0 Å². The van der Waals surface area contributed by atoms with Gasteiger partial charge < -0.3 is 4.98 Å². The first-order valence-corrected chi connectivity index (χ1v) is 3.75. The summed E-state index contributed by atoms with van der Waals surface area (Å²) in [5.74, 6) is 0.267. The molecule has 2 aromatic rings. The smallest absolute Gasteiger partial charge is 0.271 e. The first-order chi connectivity index (χ1) is 6.29. The highest BCUT2D eigenvalue weighted by Gasteiger charge is 2.07. The third-order valence-corrected chi connectivity index (χ3v) is 1.75. The Kier molecular flexibility index (Phi) is 1.82. The third kappa shape index (κ3) is 1.31. The van der Waals surface area contributed by atoms with Gasteiger partial charge in [-0.3, -0.25) is 4.79 Å². The van der Waals surface area contributed by atoms with Gasteiger partial charge >= 0.3 is 0 Å². The van der Waals surface area contributed by atoms with E-state index in [-0.39, 0.29) is 10.8 Å². The zero-order chi connectivity index (χ0) is 9.26. The van der Waals surface area contributed by atoms with E-state index in [0.717, 1.165) is 0 Å². The summed E-state index contributed by atoms with van der Waals surface area (Å²) in [7, 11) is 0. The molecule has 2 rings (SSSR count). The molecule has 1 N–H and O–H groups in total. The molecule has 6 nitrogen and oxygen atoms in total. The highest BCUT2D eigenvalue weighted by Crippen LogP contribution is 2.09. The molecular formula is C6H4ClN5O. The average molecular weight is 198 g/mol. The van der Waals surface area contributed by atoms with Crippen molar-refractivity contribution in [3.8, 4) is 5.82 Å². The lowest BCUT2D eigenvalue weighted by Gasteiger charge is -1.98. The minimum atomic E-state index is -0.401. The van der Waals surface area contributed by atoms with Crippen molar-refractivity contribution in [1.82, 2.24) is 24.7 Å². The Morgan fingerprint density at radius 2 is 2.38 bits per heavy atom. The number of aromatic amines is 1. The van der Waals surface area contributed by atoms with Crippen molar-refractivity contribution in [3.05, 3.63) is 34.4 Å². The van der Waals surface area contributed by atoms with Crippen LogP contribution >= 0.6 is 11.6 Å². The van der Waals surface area contributed by atoms with Crippen molar-refractivity contribution < 1.29 is 0 Å². The lowest BCUT2D eigenvalue weighted by atomic mass is 10.6. The van der Waals surface area contributed by atoms with Crippen molar-refractivity contribution in [2.45, 2.75) is 0 Å². The van der Waals surface area contributed by atoms with Crippen LogP contribution in [-0.2, 0) is 0 Å². The van der Waals surface area contributed by atoms with E-state index in [0.29, 0.717) is 0 Å². The molecule has 0 atom stereocenters. The average Bonchev–Trinajstić information content (AvgIpc) is 2.62. The molecule has 0 aliphatic rings. The van der Waals surface area contributed by atoms with Gasteiger partial charge in [0.2, 0.25) is 0 Å². The maximum Gasteiger partial charge on any atom is 0.271 e. The summed E-state index contributed by atoms with van der Waals surface area (Å²) in [4.78, 5) is 21.0. The van der Waals surface area contributed by atoms with E-state index in [1.165, 1.54) is 23.7 Å². The molecule has 0 aliphatic heterocycles. The molecule has 2 heterocycles. The molecule has 0 saturated carbocycles. The Bertz CT molecular complexity index is 462. The largest absolute Gasteiger partial charge is 0.312 e. The number of rotatable bonds is 1. The van der Waals surface area contributed by atoms with Crippen LogP contribution < -0.4 is 5.56 Å². The fraction of sp³-hybridized carbons (Fsp3) is 0. The van der Waals surface area contributed by atoms with Gasteiger partial charge in [0.1, 0.15) is 12.7 Å². The van der Waals surface area contributed by atoms with E-state index < -0.39 is 5.56 Å². The number of H-pyrrole nitrogens is 1. The number of halogens is 1. The number of hydrogen-bond donors (Lipinski definition) is 1. The van der Waals surface area contributed by atoms with E-state index in [1.54, 1.807) is 0 Å². The predicted molar refractivity (Wildman–Crippen MR) is 44.8 cm³/mol. The molecule has 0 amide bonds. The maximum absolute atomic E-state index is 11.0. The van der Waals surface area contributed by atoms with E-state index in [2.05, 4.69) is 20.1 Å². The first-order valence-electron chi connectivity index (χ1n) is 3.37. The number of nitrogens with zero attached hydrogens (tertiary/aromatic N) is 4. The van der Waals surface area contributed by atoms with Crippen molar-refractivity contribution >= 4 is 11.6 Å². The van der Waals surface area contributed by atoms with Gasteiger partial charge in [0, 0.05) is 0 Å². The molecular weight excluding hydrogens is 194 g/mol. The summed E-state index contributed by atoms with van der Waals surface area (Å²) in [6.45, 7) is 0. The summed E-state index contributed by atoms with van der Waals surface area (Å²) < 4.78 is 1.32. The first kappa shape index (κ1) is 7.93. The van der Waals surface area contributed by atoms with Crippen molar-refractivity contribution in [2.24, 2.45) is 0 Å². The number of hydrogen-bond acceptors (Lipinski definition) is 4. The van der Waals surface area contributed by atoms with E-state index in [4.69, 9.17) is 11.6 Å². The highest BCUT2D eigenvalue weighted by molar-refractivity contribution is 6.31. The van der Waals surface area contributed by atoms with Crippen LogP contribution in [0.25, 0.3) is 5.82 Å². The van der Waals surface area contributed by atoms with Crippen molar-refractivity contribution in [3.63, 3.8) is 0 Å². The van der Waals surface area contributed by atoms with Crippen LogP contribution in [0.3, 0.4) is 0 Å². The molecule has 0 bridgehead atoms. The molecule has 0 saturated heterocycles. The third-order valence-electron chi connectivity index (χ3n) is 1.41. The Hall–Kier alpha value is -1.69. The second-order valence-corrected chi connectivity index (χ2v) is 2.59. The molecule has 0 fully saturated rings. The molecule has 66 valence electrons. The van der Waals surface area contributed by atoms with Gasteiger partial charge in [-0.2, -0.15) is 5.10 Å². The lowest BCUT2D eigenvalue weighted by molar-refractivity contribution is 0.834. The summed E-state index contributed by atoms with van der Waals surface area (Å²) in [6, 6.07) is 0. The molecule has 7 heteroatoms. The van der Waals surface area contributed by atoms with E-state index >= 15 is 0 Å². The number of nitrogens with one attached hydrogen (secondary N) is 1. The minimum Gasteiger partial charge on any atom is -0.312 e. The fourth-order valence-electron chi connectivity index (χ4n) is 0.851. The van der Waals surface area contributed by atoms with Crippen molar-refractivity contribution in [2.75, 3.05) is 0 Å². The highest BCUT2D eigenvalue weighted by atomic mass is 35.5. The molecule has 0 aliphatic carbocycles. The summed E-state index contributed by atoms with van der Waals surface area (Å²) in [5.41, 5.74) is -0.401. The molecule has 0 spiro atoms. The second-order valence-electron chi connectivity index (χ2n) is 2.21. The van der Waals surface area contributed by atoms with Gasteiger partial charge in [-0.1, -0.05) is 11.6 Å². The van der Waals surface area contributed by atoms with Crippen molar-refractivity contribution in [1.29, 1.82) is 0 Å². The van der Waals surface area contributed by atoms with Gasteiger partial charge in [-0.25, -0.2) is 14.6 Å². The van der Waals surface area contributed by atoms with E-state index in [9.17, 15) is 4.79 Å². The topological polar surface area (TPSA) is 76.5 Å². The molecule has 0 aromatic carbocycles. The zero-order valence-corrected chi connectivity index (χ0v) is 7.06. The van der Waals surface area contributed by atoms with Gasteiger partial charge in [-0.15, -0.1) is 0 Å². The van der Waals surface area contributed by atoms with Gasteiger partial charge in [0.05, 0.1) is 6.33 Å². The second kappa shape index (κ2) is 2.98. The summed E-state index contributed by atoms with van der Waals surface area (Å²) >= 11 is 5.69. The van der Waals surface area contributed by atoms with Gasteiger partial charge in [0.15, 0.2) is 10.8 Å². The Balaban J connectivity index is 2.66. The Morgan fingerprint density at radius 1 is 1.54 bits per heavy atom. The van der Waals surface area contributed by atoms with Crippen LogP contribution in [-0.4, -0.2) is 24.7 Å². The SMILES string of the molecule is O=c1[nH]cnc(-n2cncn2)c1Cl. The quantitative estimate of drug-likeness (QED) is 0.699. The van der Waals surface area contributed by atoms with Crippen LogP contribution in [0.15, 0.2) is 23.8 Å². The molecule has 13 heavy (non-hydrogen) atoms. The zero-order valence-electron chi connectivity index (χ0n) is 6.31. The van der Waals surface area contributed by atoms with Crippen LogP contribution in [0.1, 0.15) is 0 Å². The monoisotopic (exact) mass is 197 g/mol. The molecule has 0 radical (unpaired) electrons. The van der Waals surface area contributed by atoms with Crippen LogP contribution in [0.4, 0.5) is 0 Å². The van der Waals surface area contributed by atoms with Gasteiger partial charge in [0.25, 0.3) is 5.56 Å². The van der Waals surface area contributed by atoms with Crippen LogP contribution in [0.5, 0.6) is 0 Å². The predicted octanol–water partition coefficient (Wildman–Crippen LogP) is 0.00400. The number of aromatic nitrogens is 5. The Morgan fingerprint density at radius 3 is 3.08 bits per heavy atom. The van der Waals surface area contributed by atoms with E-state index in [1.807, 2.05) is 0 Å². The molecule has 2 aromatic heterocycles. The van der Waals surface area contributed by atoms with Crippen LogP contribution in [0.2, 0.25) is 5.02 Å². The normalized spacial score (nSPS) is 10.2. The lowest BCUT2D eigenvalue weighted by Crippen LogP contribution is -2.11. The maximum atomic E-state index is 11.0. The Labute approximate surface area is 77.2 Å². The molecule has 0 unspecified atom stereocenters. The fourth-order valence-corrected chi connectivity index (χ4v) is 1.04. The minimum absolute atomic E-state index is 0.00648. The summed E-state index contributed by atoms with van der Waals surface area (Å²) in [5, 5.41) is 3.79. The summed E-state index contributed by atoms with van der Waals surface area (Å²) in [6.07, 6.45) is 4.00. The van der Waals surface area contributed by atoms with Gasteiger partial charge in [-0.05, 0) is 0 Å².